The van der Waals surface area contributed by atoms with Crippen LogP contribution in [0, 0.1) is 0 Å². The first-order valence-corrected chi connectivity index (χ1v) is 5.90. The number of benzene rings is 1. The summed E-state index contributed by atoms with van der Waals surface area (Å²) in [6.45, 7) is 0. The Morgan fingerprint density at radius 2 is 2.07 bits per heavy atom. The number of aliphatic carboxylic acids is 1. The molecule has 0 radical (unpaired) electrons. The van der Waals surface area contributed by atoms with Crippen LogP contribution in [0.1, 0.15) is 11.6 Å². The lowest BCUT2D eigenvalue weighted by atomic mass is 10.1. The normalized spacial score (nSPS) is 11.8. The second kappa shape index (κ2) is 5.72. The van der Waals surface area contributed by atoms with Crippen molar-refractivity contribution in [3.8, 4) is 0 Å². The van der Waals surface area contributed by atoms with Gasteiger partial charge in [-0.05, 0) is 11.8 Å². The number of carboxylic acid groups (broad SMARTS) is 1. The molecule has 0 aliphatic rings. The van der Waals surface area contributed by atoms with E-state index in [2.05, 4.69) is 5.32 Å². The SMILES string of the molecule is CSC(=S)N[C@H](C(=O)O)c1ccccc1. The van der Waals surface area contributed by atoms with Gasteiger partial charge >= 0.3 is 5.97 Å². The van der Waals surface area contributed by atoms with Gasteiger partial charge < -0.3 is 10.4 Å². The fraction of sp³-hybridized carbons (Fsp3) is 0.200. The average Bonchev–Trinajstić information content (AvgIpc) is 2.26. The molecule has 1 aromatic carbocycles. The molecule has 0 aliphatic heterocycles. The fourth-order valence-corrected chi connectivity index (χ4v) is 1.46. The number of thioether (sulfide) groups is 1. The van der Waals surface area contributed by atoms with Crippen LogP contribution in [0.5, 0.6) is 0 Å². The Kier molecular flexibility index (Phi) is 4.58. The summed E-state index contributed by atoms with van der Waals surface area (Å²) < 4.78 is 0.478. The molecule has 2 N–H and O–H groups in total. The molecule has 1 atom stereocenters. The van der Waals surface area contributed by atoms with Crippen molar-refractivity contribution in [3.63, 3.8) is 0 Å². The van der Waals surface area contributed by atoms with Gasteiger partial charge in [0.1, 0.15) is 4.32 Å². The first kappa shape index (κ1) is 12.0. The van der Waals surface area contributed by atoms with Crippen LogP contribution in [-0.2, 0) is 4.79 Å². The molecule has 0 bridgehead atoms. The average molecular weight is 241 g/mol. The molecule has 0 saturated heterocycles. The third-order valence-corrected chi connectivity index (χ3v) is 2.93. The van der Waals surface area contributed by atoms with Crippen molar-refractivity contribution in [3.05, 3.63) is 35.9 Å². The van der Waals surface area contributed by atoms with Crippen LogP contribution in [0.2, 0.25) is 0 Å². The van der Waals surface area contributed by atoms with E-state index in [0.29, 0.717) is 9.88 Å². The summed E-state index contributed by atoms with van der Waals surface area (Å²) in [6.07, 6.45) is 1.80. The van der Waals surface area contributed by atoms with Crippen molar-refractivity contribution in [1.82, 2.24) is 5.32 Å². The maximum absolute atomic E-state index is 11.0. The molecule has 0 aromatic heterocycles. The molecule has 1 aromatic rings. The summed E-state index contributed by atoms with van der Waals surface area (Å²) in [7, 11) is 0. The summed E-state index contributed by atoms with van der Waals surface area (Å²) in [4.78, 5) is 11.0. The predicted octanol–water partition coefficient (Wildman–Crippen LogP) is 2.05. The molecule has 1 rings (SSSR count). The molecule has 0 saturated carbocycles. The quantitative estimate of drug-likeness (QED) is 0.793. The standard InChI is InChI=1S/C10H11NO2S2/c1-15-10(14)11-8(9(12)13)7-5-3-2-4-6-7/h2-6,8H,1H3,(H,11,14)(H,12,13)/t8-/m0/s1. The van der Waals surface area contributed by atoms with Gasteiger partial charge in [-0.15, -0.1) is 11.8 Å². The number of carbonyl (C=O) groups is 1. The molecule has 5 heteroatoms. The lowest BCUT2D eigenvalue weighted by Crippen LogP contribution is -2.30. The Hall–Kier alpha value is -1.07. The second-order valence-corrected chi connectivity index (χ2v) is 4.30. The van der Waals surface area contributed by atoms with E-state index in [4.69, 9.17) is 17.3 Å². The van der Waals surface area contributed by atoms with Gasteiger partial charge in [-0.3, -0.25) is 0 Å². The van der Waals surface area contributed by atoms with Crippen molar-refractivity contribution in [1.29, 1.82) is 0 Å². The third-order valence-electron chi connectivity index (χ3n) is 1.83. The zero-order valence-corrected chi connectivity index (χ0v) is 9.77. The van der Waals surface area contributed by atoms with Crippen LogP contribution in [0.3, 0.4) is 0 Å². The summed E-state index contributed by atoms with van der Waals surface area (Å²) in [6, 6.07) is 8.19. The number of hydrogen-bond acceptors (Lipinski definition) is 3. The molecule has 0 fully saturated rings. The van der Waals surface area contributed by atoms with Crippen molar-refractivity contribution >= 4 is 34.3 Å². The van der Waals surface area contributed by atoms with Gasteiger partial charge in [0, 0.05) is 0 Å². The summed E-state index contributed by atoms with van der Waals surface area (Å²) in [5.74, 6) is -0.933. The van der Waals surface area contributed by atoms with E-state index in [1.165, 1.54) is 11.8 Å². The minimum Gasteiger partial charge on any atom is -0.479 e. The van der Waals surface area contributed by atoms with E-state index >= 15 is 0 Å². The van der Waals surface area contributed by atoms with Gasteiger partial charge in [-0.2, -0.15) is 0 Å². The molecular formula is C10H11NO2S2. The molecule has 0 unspecified atom stereocenters. The largest absolute Gasteiger partial charge is 0.479 e. The molecular weight excluding hydrogens is 230 g/mol. The van der Waals surface area contributed by atoms with E-state index in [1.807, 2.05) is 6.07 Å². The first-order valence-electron chi connectivity index (χ1n) is 4.27. The number of rotatable bonds is 3. The molecule has 0 aliphatic carbocycles. The molecule has 80 valence electrons. The van der Waals surface area contributed by atoms with Crippen LogP contribution < -0.4 is 5.32 Å². The Balaban J connectivity index is 2.84. The Labute approximate surface area is 97.9 Å². The highest BCUT2D eigenvalue weighted by molar-refractivity contribution is 8.22. The van der Waals surface area contributed by atoms with Gasteiger partial charge in [0.05, 0.1) is 0 Å². The fourth-order valence-electron chi connectivity index (χ4n) is 1.11. The van der Waals surface area contributed by atoms with Gasteiger partial charge in [0.15, 0.2) is 6.04 Å². The second-order valence-electron chi connectivity index (χ2n) is 2.82. The van der Waals surface area contributed by atoms with E-state index in [1.54, 1.807) is 30.5 Å². The Morgan fingerprint density at radius 3 is 2.53 bits per heavy atom. The lowest BCUT2D eigenvalue weighted by Gasteiger charge is -2.15. The molecule has 0 amide bonds. The number of thiocarbonyl (C=S) groups is 1. The van der Waals surface area contributed by atoms with Crippen molar-refractivity contribution in [2.45, 2.75) is 6.04 Å². The molecule has 15 heavy (non-hydrogen) atoms. The van der Waals surface area contributed by atoms with Crippen LogP contribution in [-0.4, -0.2) is 21.7 Å². The van der Waals surface area contributed by atoms with E-state index < -0.39 is 12.0 Å². The minimum atomic E-state index is -0.933. The van der Waals surface area contributed by atoms with Crippen LogP contribution >= 0.6 is 24.0 Å². The van der Waals surface area contributed by atoms with E-state index in [0.717, 1.165) is 0 Å². The Bertz CT molecular complexity index is 354. The molecule has 0 spiro atoms. The van der Waals surface area contributed by atoms with Gasteiger partial charge in [-0.1, -0.05) is 42.5 Å². The number of carboxylic acids is 1. The predicted molar refractivity (Wildman–Crippen MR) is 66.1 cm³/mol. The maximum atomic E-state index is 11.0. The minimum absolute atomic E-state index is 0.478. The number of hydrogen-bond donors (Lipinski definition) is 2. The van der Waals surface area contributed by atoms with E-state index in [9.17, 15) is 4.79 Å². The number of nitrogens with one attached hydrogen (secondary N) is 1. The van der Waals surface area contributed by atoms with E-state index in [-0.39, 0.29) is 0 Å². The van der Waals surface area contributed by atoms with Crippen LogP contribution in [0.4, 0.5) is 0 Å². The topological polar surface area (TPSA) is 49.3 Å². The summed E-state index contributed by atoms with van der Waals surface area (Å²) in [5.41, 5.74) is 0.696. The monoisotopic (exact) mass is 241 g/mol. The highest BCUT2D eigenvalue weighted by Crippen LogP contribution is 2.14. The third kappa shape index (κ3) is 3.53. The van der Waals surface area contributed by atoms with Gasteiger partial charge in [0.25, 0.3) is 0 Å². The van der Waals surface area contributed by atoms with Crippen molar-refractivity contribution in [2.75, 3.05) is 6.26 Å². The lowest BCUT2D eigenvalue weighted by molar-refractivity contribution is -0.139. The first-order chi connectivity index (χ1) is 7.15. The highest BCUT2D eigenvalue weighted by atomic mass is 32.2. The molecule has 0 heterocycles. The summed E-state index contributed by atoms with van der Waals surface area (Å²) >= 11 is 6.26. The van der Waals surface area contributed by atoms with Gasteiger partial charge in [0.2, 0.25) is 0 Å². The zero-order valence-electron chi connectivity index (χ0n) is 8.14. The Morgan fingerprint density at radius 1 is 1.47 bits per heavy atom. The smallest absolute Gasteiger partial charge is 0.330 e. The maximum Gasteiger partial charge on any atom is 0.330 e. The van der Waals surface area contributed by atoms with Crippen molar-refractivity contribution < 1.29 is 9.90 Å². The van der Waals surface area contributed by atoms with Gasteiger partial charge in [-0.25, -0.2) is 4.79 Å². The highest BCUT2D eigenvalue weighted by Gasteiger charge is 2.19. The zero-order chi connectivity index (χ0) is 11.3. The van der Waals surface area contributed by atoms with Crippen LogP contribution in [0.15, 0.2) is 30.3 Å². The summed E-state index contributed by atoms with van der Waals surface area (Å²) in [5, 5.41) is 11.8. The molecule has 3 nitrogen and oxygen atoms in total. The van der Waals surface area contributed by atoms with Crippen molar-refractivity contribution in [2.24, 2.45) is 0 Å². The van der Waals surface area contributed by atoms with Crippen LogP contribution in [0.25, 0.3) is 0 Å².